The minimum Gasteiger partial charge on any atom is -0.508 e. The molecule has 1 aromatic rings. The van der Waals surface area contributed by atoms with Crippen molar-refractivity contribution in [1.29, 1.82) is 0 Å². The Morgan fingerprint density at radius 3 is 2.93 bits per heavy atom. The molecule has 15 heavy (non-hydrogen) atoms. The van der Waals surface area contributed by atoms with E-state index < -0.39 is 0 Å². The lowest BCUT2D eigenvalue weighted by atomic mass is 9.82. The number of alkyl halides is 1. The maximum absolute atomic E-state index is 9.40. The van der Waals surface area contributed by atoms with Gasteiger partial charge in [-0.25, -0.2) is 0 Å². The fourth-order valence-electron chi connectivity index (χ4n) is 2.56. The van der Waals surface area contributed by atoms with Gasteiger partial charge in [0.2, 0.25) is 0 Å². The number of rotatable bonds is 2. The van der Waals surface area contributed by atoms with Crippen LogP contribution in [-0.4, -0.2) is 10.5 Å². The second-order valence-corrected chi connectivity index (χ2v) is 5.61. The number of hydrogen-bond acceptors (Lipinski definition) is 1. The van der Waals surface area contributed by atoms with Gasteiger partial charge in [0.05, 0.1) is 0 Å². The molecular formula is C13H17ClO. The second kappa shape index (κ2) is 4.05. The molecule has 1 fully saturated rings. The predicted octanol–water partition coefficient (Wildman–Crippen LogP) is 3.73. The van der Waals surface area contributed by atoms with Crippen LogP contribution < -0.4 is 0 Å². The molecule has 1 saturated carbocycles. The number of phenolic OH excluding ortho intramolecular Hbond substituents is 1. The molecule has 2 rings (SSSR count). The Hall–Kier alpha value is -0.690. The van der Waals surface area contributed by atoms with Crippen LogP contribution in [0.15, 0.2) is 24.3 Å². The Balaban J connectivity index is 2.08. The SMILES string of the molecule is CC1(Cc2cccc(O)c2)CCC(Cl)C1. The molecule has 2 unspecified atom stereocenters. The Morgan fingerprint density at radius 2 is 2.33 bits per heavy atom. The molecule has 1 N–H and O–H groups in total. The van der Waals surface area contributed by atoms with Crippen molar-refractivity contribution in [2.45, 2.75) is 38.0 Å². The van der Waals surface area contributed by atoms with Crippen molar-refractivity contribution < 1.29 is 5.11 Å². The lowest BCUT2D eigenvalue weighted by Crippen LogP contribution is -2.15. The first-order chi connectivity index (χ1) is 7.07. The molecule has 1 aliphatic carbocycles. The largest absolute Gasteiger partial charge is 0.508 e. The molecule has 82 valence electrons. The first-order valence-corrected chi connectivity index (χ1v) is 5.93. The van der Waals surface area contributed by atoms with Crippen LogP contribution in [0, 0.1) is 5.41 Å². The van der Waals surface area contributed by atoms with Gasteiger partial charge in [0.1, 0.15) is 5.75 Å². The van der Waals surface area contributed by atoms with Crippen molar-refractivity contribution in [3.8, 4) is 5.75 Å². The zero-order valence-corrected chi connectivity index (χ0v) is 9.80. The smallest absolute Gasteiger partial charge is 0.115 e. The summed E-state index contributed by atoms with van der Waals surface area (Å²) in [5.74, 6) is 0.358. The van der Waals surface area contributed by atoms with Gasteiger partial charge in [-0.15, -0.1) is 11.6 Å². The maximum atomic E-state index is 9.40. The van der Waals surface area contributed by atoms with Crippen molar-refractivity contribution in [1.82, 2.24) is 0 Å². The van der Waals surface area contributed by atoms with E-state index in [4.69, 9.17) is 11.6 Å². The van der Waals surface area contributed by atoms with E-state index in [9.17, 15) is 5.11 Å². The molecule has 0 amide bonds. The van der Waals surface area contributed by atoms with Crippen molar-refractivity contribution in [2.75, 3.05) is 0 Å². The predicted molar refractivity (Wildman–Crippen MR) is 63.4 cm³/mol. The quantitative estimate of drug-likeness (QED) is 0.759. The van der Waals surface area contributed by atoms with Gasteiger partial charge >= 0.3 is 0 Å². The Kier molecular flexibility index (Phi) is 2.92. The fraction of sp³-hybridized carbons (Fsp3) is 0.538. The topological polar surface area (TPSA) is 20.2 Å². The third kappa shape index (κ3) is 2.66. The monoisotopic (exact) mass is 224 g/mol. The van der Waals surface area contributed by atoms with Crippen molar-refractivity contribution >= 4 is 11.6 Å². The van der Waals surface area contributed by atoms with Gasteiger partial charge in [-0.1, -0.05) is 19.1 Å². The fourth-order valence-corrected chi connectivity index (χ4v) is 3.05. The van der Waals surface area contributed by atoms with E-state index in [1.807, 2.05) is 12.1 Å². The molecule has 0 heterocycles. The molecule has 0 bridgehead atoms. The summed E-state index contributed by atoms with van der Waals surface area (Å²) >= 11 is 6.14. The highest BCUT2D eigenvalue weighted by atomic mass is 35.5. The van der Waals surface area contributed by atoms with Crippen LogP contribution in [0.5, 0.6) is 5.75 Å². The highest BCUT2D eigenvalue weighted by molar-refractivity contribution is 6.20. The second-order valence-electron chi connectivity index (χ2n) is 5.00. The molecule has 0 aromatic heterocycles. The van der Waals surface area contributed by atoms with Gasteiger partial charge in [-0.05, 0) is 48.8 Å². The van der Waals surface area contributed by atoms with Gasteiger partial charge in [0.25, 0.3) is 0 Å². The van der Waals surface area contributed by atoms with Crippen LogP contribution >= 0.6 is 11.6 Å². The molecule has 1 aromatic carbocycles. The van der Waals surface area contributed by atoms with Gasteiger partial charge in [0, 0.05) is 5.38 Å². The summed E-state index contributed by atoms with van der Waals surface area (Å²) in [4.78, 5) is 0. The van der Waals surface area contributed by atoms with E-state index in [-0.39, 0.29) is 0 Å². The summed E-state index contributed by atoms with van der Waals surface area (Å²) in [6, 6.07) is 7.55. The molecule has 0 spiro atoms. The Bertz CT molecular complexity index is 350. The minimum atomic E-state index is 0.320. The number of halogens is 1. The maximum Gasteiger partial charge on any atom is 0.115 e. The highest BCUT2D eigenvalue weighted by Gasteiger charge is 2.34. The summed E-state index contributed by atoms with van der Waals surface area (Å²) in [5.41, 5.74) is 1.53. The Morgan fingerprint density at radius 1 is 1.53 bits per heavy atom. The first-order valence-electron chi connectivity index (χ1n) is 5.49. The molecule has 0 aliphatic heterocycles. The van der Waals surface area contributed by atoms with Gasteiger partial charge in [-0.3, -0.25) is 0 Å². The summed E-state index contributed by atoms with van der Waals surface area (Å²) in [6.07, 6.45) is 4.42. The average Bonchev–Trinajstić information content (AvgIpc) is 2.45. The number of aromatic hydroxyl groups is 1. The summed E-state index contributed by atoms with van der Waals surface area (Å²) in [7, 11) is 0. The van der Waals surface area contributed by atoms with Crippen LogP contribution in [-0.2, 0) is 6.42 Å². The lowest BCUT2D eigenvalue weighted by molar-refractivity contribution is 0.334. The third-order valence-corrected chi connectivity index (χ3v) is 3.69. The van der Waals surface area contributed by atoms with Crippen LogP contribution in [0.25, 0.3) is 0 Å². The van der Waals surface area contributed by atoms with Gasteiger partial charge < -0.3 is 5.11 Å². The number of hydrogen-bond donors (Lipinski definition) is 1. The molecule has 0 saturated heterocycles. The molecular weight excluding hydrogens is 208 g/mol. The lowest BCUT2D eigenvalue weighted by Gasteiger charge is -2.23. The number of phenols is 1. The van der Waals surface area contributed by atoms with Crippen molar-refractivity contribution in [3.63, 3.8) is 0 Å². The molecule has 2 atom stereocenters. The summed E-state index contributed by atoms with van der Waals surface area (Å²) in [6.45, 7) is 2.29. The zero-order chi connectivity index (χ0) is 10.9. The van der Waals surface area contributed by atoms with E-state index in [2.05, 4.69) is 13.0 Å². The van der Waals surface area contributed by atoms with E-state index in [0.29, 0.717) is 16.5 Å². The number of benzene rings is 1. The normalized spacial score (nSPS) is 30.7. The zero-order valence-electron chi connectivity index (χ0n) is 9.04. The average molecular weight is 225 g/mol. The van der Waals surface area contributed by atoms with Crippen LogP contribution in [0.1, 0.15) is 31.7 Å². The molecule has 1 nitrogen and oxygen atoms in total. The van der Waals surface area contributed by atoms with E-state index in [0.717, 1.165) is 19.3 Å². The van der Waals surface area contributed by atoms with Gasteiger partial charge in [-0.2, -0.15) is 0 Å². The van der Waals surface area contributed by atoms with Crippen LogP contribution in [0.4, 0.5) is 0 Å². The molecule has 1 aliphatic rings. The van der Waals surface area contributed by atoms with E-state index in [1.54, 1.807) is 6.07 Å². The standard InChI is InChI=1S/C13H17ClO/c1-13(6-5-11(14)9-13)8-10-3-2-4-12(15)7-10/h2-4,7,11,15H,5-6,8-9H2,1H3. The Labute approximate surface area is 96.1 Å². The molecule has 2 heteroatoms. The minimum absolute atomic E-state index is 0.320. The van der Waals surface area contributed by atoms with E-state index >= 15 is 0 Å². The first kappa shape index (κ1) is 10.8. The van der Waals surface area contributed by atoms with Crippen molar-refractivity contribution in [2.24, 2.45) is 5.41 Å². The van der Waals surface area contributed by atoms with Crippen molar-refractivity contribution in [3.05, 3.63) is 29.8 Å². The summed E-state index contributed by atoms with van der Waals surface area (Å²) < 4.78 is 0. The summed E-state index contributed by atoms with van der Waals surface area (Å²) in [5, 5.41) is 9.74. The van der Waals surface area contributed by atoms with Crippen LogP contribution in [0.3, 0.4) is 0 Å². The third-order valence-electron chi connectivity index (χ3n) is 3.32. The highest BCUT2D eigenvalue weighted by Crippen LogP contribution is 2.42. The van der Waals surface area contributed by atoms with Crippen LogP contribution in [0.2, 0.25) is 0 Å². The molecule has 0 radical (unpaired) electrons. The van der Waals surface area contributed by atoms with Gasteiger partial charge in [0.15, 0.2) is 0 Å². The van der Waals surface area contributed by atoms with E-state index in [1.165, 1.54) is 12.0 Å².